The Bertz CT molecular complexity index is 755. The van der Waals surface area contributed by atoms with Crippen LogP contribution in [0.3, 0.4) is 0 Å². The zero-order valence-corrected chi connectivity index (χ0v) is 9.73. The van der Waals surface area contributed by atoms with Gasteiger partial charge in [0.2, 0.25) is 0 Å². The SMILES string of the molecule is Nc1[nH][nH]c(=O)c1Cc1ccc2ccccc2c1. The summed E-state index contributed by atoms with van der Waals surface area (Å²) in [5, 5.41) is 7.48. The van der Waals surface area contributed by atoms with Crippen LogP contribution in [0.2, 0.25) is 0 Å². The molecule has 0 spiro atoms. The summed E-state index contributed by atoms with van der Waals surface area (Å²) in [6.45, 7) is 0. The molecule has 0 amide bonds. The van der Waals surface area contributed by atoms with Gasteiger partial charge in [0.05, 0.1) is 5.56 Å². The van der Waals surface area contributed by atoms with E-state index in [0.717, 1.165) is 5.56 Å². The van der Waals surface area contributed by atoms with E-state index in [1.807, 2.05) is 18.2 Å². The van der Waals surface area contributed by atoms with Crippen LogP contribution in [0.25, 0.3) is 10.8 Å². The lowest BCUT2D eigenvalue weighted by Gasteiger charge is -2.02. The van der Waals surface area contributed by atoms with E-state index in [0.29, 0.717) is 17.8 Å². The summed E-state index contributed by atoms with van der Waals surface area (Å²) in [5.41, 5.74) is 7.23. The van der Waals surface area contributed by atoms with Gasteiger partial charge in [-0.15, -0.1) is 0 Å². The van der Waals surface area contributed by atoms with Crippen molar-refractivity contribution >= 4 is 16.6 Å². The average molecular weight is 239 g/mol. The highest BCUT2D eigenvalue weighted by atomic mass is 16.1. The Kier molecular flexibility index (Phi) is 2.41. The topological polar surface area (TPSA) is 74.7 Å². The molecular weight excluding hydrogens is 226 g/mol. The van der Waals surface area contributed by atoms with E-state index >= 15 is 0 Å². The minimum Gasteiger partial charge on any atom is -0.384 e. The summed E-state index contributed by atoms with van der Waals surface area (Å²) in [5.74, 6) is 0.410. The van der Waals surface area contributed by atoms with Crippen molar-refractivity contribution in [2.45, 2.75) is 6.42 Å². The Labute approximate surface area is 103 Å². The lowest BCUT2D eigenvalue weighted by atomic mass is 10.0. The normalized spacial score (nSPS) is 10.9. The first-order valence-electron chi connectivity index (χ1n) is 5.77. The quantitative estimate of drug-likeness (QED) is 0.640. The molecule has 3 rings (SSSR count). The summed E-state index contributed by atoms with van der Waals surface area (Å²) in [4.78, 5) is 11.5. The molecule has 0 atom stereocenters. The lowest BCUT2D eigenvalue weighted by molar-refractivity contribution is 1.06. The van der Waals surface area contributed by atoms with E-state index in [4.69, 9.17) is 5.73 Å². The molecule has 0 fully saturated rings. The fourth-order valence-electron chi connectivity index (χ4n) is 2.13. The summed E-state index contributed by atoms with van der Waals surface area (Å²) < 4.78 is 0. The van der Waals surface area contributed by atoms with Gasteiger partial charge in [-0.2, -0.15) is 0 Å². The van der Waals surface area contributed by atoms with E-state index in [2.05, 4.69) is 34.5 Å². The largest absolute Gasteiger partial charge is 0.384 e. The van der Waals surface area contributed by atoms with Crippen molar-refractivity contribution in [3.63, 3.8) is 0 Å². The molecule has 2 aromatic carbocycles. The highest BCUT2D eigenvalue weighted by Gasteiger charge is 2.07. The molecule has 0 aliphatic carbocycles. The number of nitrogens with two attached hydrogens (primary N) is 1. The Morgan fingerprint density at radius 3 is 2.50 bits per heavy atom. The monoisotopic (exact) mass is 239 g/mol. The predicted molar refractivity (Wildman–Crippen MR) is 72.6 cm³/mol. The van der Waals surface area contributed by atoms with Crippen LogP contribution in [-0.4, -0.2) is 10.2 Å². The molecule has 3 aromatic rings. The molecule has 1 aromatic heterocycles. The van der Waals surface area contributed by atoms with E-state index in [9.17, 15) is 4.79 Å². The minimum atomic E-state index is -0.152. The minimum absolute atomic E-state index is 0.152. The summed E-state index contributed by atoms with van der Waals surface area (Å²) in [6.07, 6.45) is 0.537. The first-order valence-corrected chi connectivity index (χ1v) is 5.77. The number of fused-ring (bicyclic) bond motifs is 1. The molecule has 0 aliphatic rings. The number of rotatable bonds is 2. The van der Waals surface area contributed by atoms with Gasteiger partial charge in [0.15, 0.2) is 0 Å². The fourth-order valence-corrected chi connectivity index (χ4v) is 2.13. The number of nitrogens with one attached hydrogen (secondary N) is 2. The van der Waals surface area contributed by atoms with E-state index in [1.165, 1.54) is 10.8 Å². The molecule has 0 unspecified atom stereocenters. The van der Waals surface area contributed by atoms with E-state index < -0.39 is 0 Å². The fraction of sp³-hybridized carbons (Fsp3) is 0.0714. The zero-order valence-electron chi connectivity index (χ0n) is 9.73. The Morgan fingerprint density at radius 2 is 1.78 bits per heavy atom. The molecular formula is C14H13N3O. The molecule has 0 saturated heterocycles. The maximum absolute atomic E-state index is 11.5. The number of hydrogen-bond acceptors (Lipinski definition) is 2. The van der Waals surface area contributed by atoms with Gasteiger partial charge < -0.3 is 5.73 Å². The molecule has 4 N–H and O–H groups in total. The highest BCUT2D eigenvalue weighted by molar-refractivity contribution is 5.83. The van der Waals surface area contributed by atoms with Crippen molar-refractivity contribution in [1.82, 2.24) is 10.2 Å². The molecule has 1 heterocycles. The van der Waals surface area contributed by atoms with Gasteiger partial charge in [0.1, 0.15) is 5.82 Å². The van der Waals surface area contributed by atoms with Gasteiger partial charge in [0, 0.05) is 6.42 Å². The second-order valence-corrected chi connectivity index (χ2v) is 4.33. The van der Waals surface area contributed by atoms with Crippen molar-refractivity contribution in [3.8, 4) is 0 Å². The number of hydrogen-bond donors (Lipinski definition) is 3. The van der Waals surface area contributed by atoms with E-state index in [-0.39, 0.29) is 5.56 Å². The van der Waals surface area contributed by atoms with Crippen LogP contribution in [0, 0.1) is 0 Å². The maximum Gasteiger partial charge on any atom is 0.269 e. The number of nitrogen functional groups attached to an aromatic ring is 1. The predicted octanol–water partition coefficient (Wildman–Crippen LogP) is 2.03. The molecule has 0 saturated carbocycles. The number of aromatic amines is 2. The first kappa shape index (κ1) is 10.7. The zero-order chi connectivity index (χ0) is 12.5. The molecule has 0 bridgehead atoms. The van der Waals surface area contributed by atoms with Crippen molar-refractivity contribution in [3.05, 3.63) is 63.9 Å². The number of benzene rings is 2. The van der Waals surface area contributed by atoms with Crippen molar-refractivity contribution in [2.24, 2.45) is 0 Å². The third-order valence-electron chi connectivity index (χ3n) is 3.10. The van der Waals surface area contributed by atoms with Crippen LogP contribution in [0.15, 0.2) is 47.3 Å². The maximum atomic E-state index is 11.5. The summed E-state index contributed by atoms with van der Waals surface area (Å²) in [6, 6.07) is 14.3. The average Bonchev–Trinajstić information content (AvgIpc) is 2.70. The molecule has 4 heteroatoms. The molecule has 90 valence electrons. The highest BCUT2D eigenvalue weighted by Crippen LogP contribution is 2.18. The first-order chi connectivity index (χ1) is 8.74. The van der Waals surface area contributed by atoms with Gasteiger partial charge >= 0.3 is 0 Å². The molecule has 0 radical (unpaired) electrons. The number of aromatic nitrogens is 2. The van der Waals surface area contributed by atoms with Crippen LogP contribution < -0.4 is 11.3 Å². The standard InChI is InChI=1S/C14H13N3O/c15-13-12(14(18)17-16-13)8-9-5-6-10-3-1-2-4-11(10)7-9/h1-7H,8H2,(H4,15,16,17,18). The number of anilines is 1. The third kappa shape index (κ3) is 1.78. The van der Waals surface area contributed by atoms with E-state index in [1.54, 1.807) is 0 Å². The van der Waals surface area contributed by atoms with Crippen LogP contribution in [0.5, 0.6) is 0 Å². The Hall–Kier alpha value is -2.49. The number of H-pyrrole nitrogens is 2. The Balaban J connectivity index is 2.03. The summed E-state index contributed by atoms with van der Waals surface area (Å²) in [7, 11) is 0. The van der Waals surface area contributed by atoms with Crippen LogP contribution in [0.1, 0.15) is 11.1 Å². The van der Waals surface area contributed by atoms with Crippen LogP contribution >= 0.6 is 0 Å². The van der Waals surface area contributed by atoms with Gasteiger partial charge in [-0.3, -0.25) is 15.0 Å². The third-order valence-corrected chi connectivity index (χ3v) is 3.10. The van der Waals surface area contributed by atoms with Gasteiger partial charge in [-0.1, -0.05) is 42.5 Å². The van der Waals surface area contributed by atoms with Gasteiger partial charge in [0.25, 0.3) is 5.56 Å². The lowest BCUT2D eigenvalue weighted by Crippen LogP contribution is -2.07. The summed E-state index contributed by atoms with van der Waals surface area (Å²) >= 11 is 0. The molecule has 0 aliphatic heterocycles. The van der Waals surface area contributed by atoms with Crippen molar-refractivity contribution < 1.29 is 0 Å². The second-order valence-electron chi connectivity index (χ2n) is 4.33. The van der Waals surface area contributed by atoms with Gasteiger partial charge in [-0.25, -0.2) is 0 Å². The second kappa shape index (κ2) is 4.07. The Morgan fingerprint density at radius 1 is 1.00 bits per heavy atom. The van der Waals surface area contributed by atoms with Gasteiger partial charge in [-0.05, 0) is 16.3 Å². The van der Waals surface area contributed by atoms with Crippen molar-refractivity contribution in [1.29, 1.82) is 0 Å². The smallest absolute Gasteiger partial charge is 0.269 e. The molecule has 4 nitrogen and oxygen atoms in total. The molecule has 18 heavy (non-hydrogen) atoms. The van der Waals surface area contributed by atoms with Crippen LogP contribution in [0.4, 0.5) is 5.82 Å². The van der Waals surface area contributed by atoms with Crippen molar-refractivity contribution in [2.75, 3.05) is 5.73 Å². The van der Waals surface area contributed by atoms with Crippen LogP contribution in [-0.2, 0) is 6.42 Å².